The first-order valence-electron chi connectivity index (χ1n) is 5.69. The Kier molecular flexibility index (Phi) is 3.46. The van der Waals surface area contributed by atoms with Crippen molar-refractivity contribution < 1.29 is 14.2 Å². The summed E-state index contributed by atoms with van der Waals surface area (Å²) in [5.74, 6) is 0.879. The summed E-state index contributed by atoms with van der Waals surface area (Å²) >= 11 is 0. The highest BCUT2D eigenvalue weighted by Gasteiger charge is 2.23. The molecule has 0 amide bonds. The molecular weight excluding hydrogens is 204 g/mol. The van der Waals surface area contributed by atoms with E-state index in [4.69, 9.17) is 14.2 Å². The Morgan fingerprint density at radius 1 is 1.25 bits per heavy atom. The molecule has 1 aromatic rings. The molecule has 0 N–H and O–H groups in total. The molecule has 0 spiro atoms. The van der Waals surface area contributed by atoms with Gasteiger partial charge in [-0.05, 0) is 32.9 Å². The second-order valence-corrected chi connectivity index (χ2v) is 4.35. The van der Waals surface area contributed by atoms with E-state index in [0.29, 0.717) is 6.61 Å². The summed E-state index contributed by atoms with van der Waals surface area (Å²) in [6.45, 7) is 6.70. The van der Waals surface area contributed by atoms with Crippen LogP contribution < -0.4 is 4.74 Å². The van der Waals surface area contributed by atoms with Crippen molar-refractivity contribution >= 4 is 0 Å². The van der Waals surface area contributed by atoms with E-state index in [1.54, 1.807) is 0 Å². The van der Waals surface area contributed by atoms with Crippen molar-refractivity contribution in [1.29, 1.82) is 0 Å². The minimum Gasteiger partial charge on any atom is -0.491 e. The maximum atomic E-state index is 5.61. The van der Waals surface area contributed by atoms with Gasteiger partial charge in [-0.1, -0.05) is 12.1 Å². The highest BCUT2D eigenvalue weighted by Crippen LogP contribution is 2.27. The van der Waals surface area contributed by atoms with Gasteiger partial charge >= 0.3 is 0 Å². The molecule has 0 bridgehead atoms. The van der Waals surface area contributed by atoms with Crippen LogP contribution in [0, 0.1) is 0 Å². The molecule has 1 fully saturated rings. The Bertz CT molecular complexity index is 332. The van der Waals surface area contributed by atoms with Gasteiger partial charge in [0.05, 0.1) is 18.8 Å². The molecule has 2 atom stereocenters. The average Bonchev–Trinajstić information content (AvgIpc) is 2.65. The van der Waals surface area contributed by atoms with E-state index in [9.17, 15) is 0 Å². The summed E-state index contributed by atoms with van der Waals surface area (Å²) < 4.78 is 16.7. The van der Waals surface area contributed by atoms with Gasteiger partial charge in [0.15, 0.2) is 6.29 Å². The predicted molar refractivity (Wildman–Crippen MR) is 61.4 cm³/mol. The summed E-state index contributed by atoms with van der Waals surface area (Å²) in [5.41, 5.74) is 1.04. The lowest BCUT2D eigenvalue weighted by atomic mass is 10.2. The number of hydrogen-bond donors (Lipinski definition) is 0. The van der Waals surface area contributed by atoms with Crippen LogP contribution in [-0.2, 0) is 9.47 Å². The Morgan fingerprint density at radius 3 is 2.44 bits per heavy atom. The lowest BCUT2D eigenvalue weighted by molar-refractivity contribution is -0.0572. The van der Waals surface area contributed by atoms with Gasteiger partial charge in [0.25, 0.3) is 0 Å². The SMILES string of the molecule is CC(C)Oc1ccc(C2OCC(C)O2)cc1. The Balaban J connectivity index is 2.02. The first-order chi connectivity index (χ1) is 7.65. The van der Waals surface area contributed by atoms with E-state index in [-0.39, 0.29) is 18.5 Å². The summed E-state index contributed by atoms with van der Waals surface area (Å²) in [7, 11) is 0. The molecule has 1 aliphatic rings. The van der Waals surface area contributed by atoms with E-state index >= 15 is 0 Å². The number of benzene rings is 1. The fraction of sp³-hybridized carbons (Fsp3) is 0.538. The van der Waals surface area contributed by atoms with Crippen molar-refractivity contribution in [3.8, 4) is 5.75 Å². The van der Waals surface area contributed by atoms with Gasteiger partial charge in [0.2, 0.25) is 0 Å². The van der Waals surface area contributed by atoms with E-state index in [2.05, 4.69) is 0 Å². The Morgan fingerprint density at radius 2 is 1.94 bits per heavy atom. The first kappa shape index (κ1) is 11.4. The van der Waals surface area contributed by atoms with E-state index in [1.807, 2.05) is 45.0 Å². The van der Waals surface area contributed by atoms with Crippen molar-refractivity contribution in [2.75, 3.05) is 6.61 Å². The molecule has 0 radical (unpaired) electrons. The van der Waals surface area contributed by atoms with Gasteiger partial charge in [0, 0.05) is 5.56 Å². The van der Waals surface area contributed by atoms with Gasteiger partial charge in [-0.25, -0.2) is 0 Å². The van der Waals surface area contributed by atoms with Crippen LogP contribution in [0.25, 0.3) is 0 Å². The third-order valence-electron chi connectivity index (χ3n) is 2.36. The third kappa shape index (κ3) is 2.74. The van der Waals surface area contributed by atoms with Crippen LogP contribution in [0.5, 0.6) is 5.75 Å². The zero-order chi connectivity index (χ0) is 11.5. The smallest absolute Gasteiger partial charge is 0.184 e. The minimum atomic E-state index is -0.219. The van der Waals surface area contributed by atoms with Crippen LogP contribution in [0.3, 0.4) is 0 Å². The zero-order valence-corrected chi connectivity index (χ0v) is 9.97. The molecule has 0 aliphatic carbocycles. The molecule has 3 nitrogen and oxygen atoms in total. The lowest BCUT2D eigenvalue weighted by Gasteiger charge is -2.12. The number of hydrogen-bond acceptors (Lipinski definition) is 3. The Hall–Kier alpha value is -1.06. The molecule has 0 aromatic heterocycles. The van der Waals surface area contributed by atoms with Crippen molar-refractivity contribution in [1.82, 2.24) is 0 Å². The van der Waals surface area contributed by atoms with Crippen molar-refractivity contribution in [2.24, 2.45) is 0 Å². The predicted octanol–water partition coefficient (Wildman–Crippen LogP) is 2.91. The first-order valence-corrected chi connectivity index (χ1v) is 5.69. The minimum absolute atomic E-state index is 0.177. The summed E-state index contributed by atoms with van der Waals surface area (Å²) in [6, 6.07) is 7.87. The second kappa shape index (κ2) is 4.85. The largest absolute Gasteiger partial charge is 0.491 e. The fourth-order valence-electron chi connectivity index (χ4n) is 1.66. The maximum Gasteiger partial charge on any atom is 0.184 e. The molecule has 88 valence electrons. The van der Waals surface area contributed by atoms with Gasteiger partial charge in [-0.2, -0.15) is 0 Å². The molecule has 1 aliphatic heterocycles. The van der Waals surface area contributed by atoms with Crippen LogP contribution >= 0.6 is 0 Å². The quantitative estimate of drug-likeness (QED) is 0.787. The van der Waals surface area contributed by atoms with Crippen molar-refractivity contribution in [3.63, 3.8) is 0 Å². The molecule has 0 saturated carbocycles. The normalized spacial score (nSPS) is 25.0. The van der Waals surface area contributed by atoms with Gasteiger partial charge in [-0.15, -0.1) is 0 Å². The fourth-order valence-corrected chi connectivity index (χ4v) is 1.66. The Labute approximate surface area is 96.3 Å². The van der Waals surface area contributed by atoms with Gasteiger partial charge < -0.3 is 14.2 Å². The molecule has 2 unspecified atom stereocenters. The summed E-state index contributed by atoms with van der Waals surface area (Å²) in [5, 5.41) is 0. The molecular formula is C13H18O3. The van der Waals surface area contributed by atoms with Gasteiger partial charge in [0.1, 0.15) is 5.75 Å². The summed E-state index contributed by atoms with van der Waals surface area (Å²) in [6.07, 6.45) is 0.157. The van der Waals surface area contributed by atoms with E-state index < -0.39 is 0 Å². The zero-order valence-electron chi connectivity index (χ0n) is 9.97. The standard InChI is InChI=1S/C13H18O3/c1-9(2)15-12-6-4-11(5-7-12)13-14-8-10(3)16-13/h4-7,9-10,13H,8H2,1-3H3. The highest BCUT2D eigenvalue weighted by atomic mass is 16.7. The molecule has 3 heteroatoms. The van der Waals surface area contributed by atoms with E-state index in [0.717, 1.165) is 11.3 Å². The monoisotopic (exact) mass is 222 g/mol. The molecule has 1 saturated heterocycles. The van der Waals surface area contributed by atoms with E-state index in [1.165, 1.54) is 0 Å². The van der Waals surface area contributed by atoms with Crippen LogP contribution in [0.1, 0.15) is 32.6 Å². The average molecular weight is 222 g/mol. The van der Waals surface area contributed by atoms with Gasteiger partial charge in [-0.3, -0.25) is 0 Å². The molecule has 16 heavy (non-hydrogen) atoms. The van der Waals surface area contributed by atoms with Crippen molar-refractivity contribution in [3.05, 3.63) is 29.8 Å². The lowest BCUT2D eigenvalue weighted by Crippen LogP contribution is -2.06. The molecule has 1 aromatic carbocycles. The maximum absolute atomic E-state index is 5.61. The number of ether oxygens (including phenoxy) is 3. The van der Waals surface area contributed by atoms with Crippen LogP contribution in [0.15, 0.2) is 24.3 Å². The topological polar surface area (TPSA) is 27.7 Å². The van der Waals surface area contributed by atoms with Crippen LogP contribution in [0.4, 0.5) is 0 Å². The van der Waals surface area contributed by atoms with Crippen LogP contribution in [0.2, 0.25) is 0 Å². The summed E-state index contributed by atoms with van der Waals surface area (Å²) in [4.78, 5) is 0. The second-order valence-electron chi connectivity index (χ2n) is 4.35. The molecule has 1 heterocycles. The molecule has 2 rings (SSSR count). The highest BCUT2D eigenvalue weighted by molar-refractivity contribution is 5.28. The van der Waals surface area contributed by atoms with Crippen LogP contribution in [-0.4, -0.2) is 18.8 Å². The van der Waals surface area contributed by atoms with Crippen molar-refractivity contribution in [2.45, 2.75) is 39.3 Å². The number of rotatable bonds is 3. The third-order valence-corrected chi connectivity index (χ3v) is 2.36.